The van der Waals surface area contributed by atoms with Crippen LogP contribution in [-0.2, 0) is 9.59 Å². The molecule has 2 N–H and O–H groups in total. The molecule has 4 aromatic rings. The number of carboxylic acid groups (broad SMARTS) is 2. The largest absolute Gasteiger partial charge is 0.542 e. The quantitative estimate of drug-likeness (QED) is 0.335. The van der Waals surface area contributed by atoms with E-state index in [1.165, 1.54) is 0 Å². The normalized spacial score (nSPS) is 10.5. The summed E-state index contributed by atoms with van der Waals surface area (Å²) < 4.78 is 63.1. The van der Waals surface area contributed by atoms with Crippen LogP contribution in [0.1, 0.15) is 0 Å². The Labute approximate surface area is 186 Å². The van der Waals surface area contributed by atoms with Gasteiger partial charge in [0.15, 0.2) is 0 Å². The summed E-state index contributed by atoms with van der Waals surface area (Å²) in [7, 11) is 0. The zero-order valence-electron chi connectivity index (χ0n) is 16.7. The Morgan fingerprint density at radius 1 is 0.647 bits per heavy atom. The van der Waals surface area contributed by atoms with E-state index in [0.717, 1.165) is 22.1 Å². The van der Waals surface area contributed by atoms with Gasteiger partial charge in [0, 0.05) is 0 Å². The predicted molar refractivity (Wildman–Crippen MR) is 98.7 cm³/mol. The highest BCUT2D eigenvalue weighted by Gasteiger charge is 2.29. The lowest BCUT2D eigenvalue weighted by molar-refractivity contribution is -0.348. The third-order valence-corrected chi connectivity index (χ3v) is 3.32. The number of carbonyl (C=O) groups is 2. The second-order valence-electron chi connectivity index (χ2n) is 5.79. The van der Waals surface area contributed by atoms with E-state index in [-0.39, 0.29) is 0 Å². The monoisotopic (exact) mass is 488 g/mol. The van der Waals surface area contributed by atoms with Crippen molar-refractivity contribution in [2.24, 2.45) is 0 Å². The van der Waals surface area contributed by atoms with Crippen molar-refractivity contribution in [3.63, 3.8) is 0 Å². The summed E-state index contributed by atoms with van der Waals surface area (Å²) in [5, 5.41) is 19.9. The van der Waals surface area contributed by atoms with Crippen molar-refractivity contribution in [1.29, 1.82) is 0 Å². The first-order valence-corrected chi connectivity index (χ1v) is 8.81. The van der Waals surface area contributed by atoms with E-state index in [2.05, 4.69) is 19.9 Å². The van der Waals surface area contributed by atoms with Crippen molar-refractivity contribution in [2.45, 2.75) is 12.4 Å². The summed E-state index contributed by atoms with van der Waals surface area (Å²) in [6, 6.07) is 15.9. The summed E-state index contributed by atoms with van der Waals surface area (Å²) in [6.45, 7) is 0. The number of carboxylic acids is 2. The van der Waals surface area contributed by atoms with E-state index < -0.39 is 24.3 Å². The van der Waals surface area contributed by atoms with Crippen molar-refractivity contribution >= 4 is 34.0 Å². The van der Waals surface area contributed by atoms with Gasteiger partial charge >= 0.3 is 23.6 Å². The standard InChI is InChI=1S/2C8H6N2.2C2HF3O2/c2*1-3-7-4-2-6-10-8(7)9-5-1;2*3-2(4,5)1(6)7/h2*1-6H;2*(H,6,7). The summed E-state index contributed by atoms with van der Waals surface area (Å²) >= 11 is 0. The smallest absolute Gasteiger partial charge is 0.430 e. The molecule has 8 nitrogen and oxygen atoms in total. The van der Waals surface area contributed by atoms with Crippen LogP contribution in [0.15, 0.2) is 73.3 Å². The zero-order chi connectivity index (χ0) is 25.8. The number of aromatic amines is 2. The number of hydrogen-bond donors (Lipinski definition) is 0. The summed E-state index contributed by atoms with van der Waals surface area (Å²) in [5.41, 5.74) is 1.87. The van der Waals surface area contributed by atoms with E-state index in [0.29, 0.717) is 0 Å². The number of H-pyrrole nitrogens is 2. The van der Waals surface area contributed by atoms with Gasteiger partial charge in [-0.25, -0.2) is 9.97 Å². The van der Waals surface area contributed by atoms with Crippen LogP contribution in [0.5, 0.6) is 0 Å². The number of rotatable bonds is 0. The van der Waals surface area contributed by atoms with Gasteiger partial charge in [-0.3, -0.25) is 0 Å². The summed E-state index contributed by atoms with van der Waals surface area (Å²) in [6.07, 6.45) is -3.09. The Balaban J connectivity index is 0.000000231. The first-order chi connectivity index (χ1) is 15.8. The molecule has 0 radical (unpaired) electrons. The third kappa shape index (κ3) is 10.3. The highest BCUT2D eigenvalue weighted by molar-refractivity contribution is 5.71. The number of pyridine rings is 4. The van der Waals surface area contributed by atoms with E-state index >= 15 is 0 Å². The van der Waals surface area contributed by atoms with E-state index in [9.17, 15) is 26.3 Å². The van der Waals surface area contributed by atoms with Gasteiger partial charge in [-0.1, -0.05) is 0 Å². The minimum atomic E-state index is -5.19. The number of nitrogens with zero attached hydrogens (tertiary/aromatic N) is 2. The van der Waals surface area contributed by atoms with Crippen LogP contribution in [0.25, 0.3) is 22.1 Å². The van der Waals surface area contributed by atoms with Gasteiger partial charge in [0.25, 0.3) is 0 Å². The summed E-state index contributed by atoms with van der Waals surface area (Å²) in [5.74, 6) is -6.01. The molecule has 4 aromatic heterocycles. The number of aromatic nitrogens is 4. The van der Waals surface area contributed by atoms with E-state index in [1.54, 1.807) is 12.4 Å². The molecule has 0 saturated heterocycles. The molecule has 180 valence electrons. The van der Waals surface area contributed by atoms with Gasteiger partial charge in [0.2, 0.25) is 0 Å². The molecule has 0 fully saturated rings. The maximum atomic E-state index is 10.5. The molecule has 0 aliphatic rings. The van der Waals surface area contributed by atoms with Crippen LogP contribution in [0.4, 0.5) is 26.3 Å². The van der Waals surface area contributed by atoms with Crippen molar-refractivity contribution < 1.29 is 56.1 Å². The van der Waals surface area contributed by atoms with Gasteiger partial charge in [-0.2, -0.15) is 26.3 Å². The van der Waals surface area contributed by atoms with Gasteiger partial charge in [-0.05, 0) is 58.5 Å². The van der Waals surface area contributed by atoms with Crippen LogP contribution >= 0.6 is 0 Å². The number of alkyl halides is 6. The van der Waals surface area contributed by atoms with Gasteiger partial charge in [0.1, 0.15) is 24.3 Å². The van der Waals surface area contributed by atoms with Crippen LogP contribution < -0.4 is 20.2 Å². The average molecular weight is 488 g/mol. The number of nitrogens with one attached hydrogen (secondary N) is 2. The highest BCUT2D eigenvalue weighted by Crippen LogP contribution is 2.12. The number of hydrogen-bond acceptors (Lipinski definition) is 6. The molecule has 14 heteroatoms. The molecule has 34 heavy (non-hydrogen) atoms. The van der Waals surface area contributed by atoms with Crippen LogP contribution in [0, 0.1) is 0 Å². The Hall–Kier alpha value is -4.36. The van der Waals surface area contributed by atoms with Crippen molar-refractivity contribution in [3.8, 4) is 0 Å². The first kappa shape index (κ1) is 27.7. The maximum absolute atomic E-state index is 10.5. The number of carbonyl (C=O) groups excluding carboxylic acids is 2. The second-order valence-corrected chi connectivity index (χ2v) is 5.79. The fraction of sp³-hybridized carbons (Fsp3) is 0.100. The molecular weight excluding hydrogens is 474 g/mol. The fourth-order valence-electron chi connectivity index (χ4n) is 1.90. The van der Waals surface area contributed by atoms with E-state index in [1.807, 2.05) is 60.9 Å². The van der Waals surface area contributed by atoms with Gasteiger partial charge in [0.05, 0.1) is 23.2 Å². The third-order valence-electron chi connectivity index (χ3n) is 3.32. The molecule has 0 unspecified atom stereocenters. The SMILES string of the molecule is O=C([O-])C(F)(F)F.O=C([O-])C(F)(F)F.c1cnc2[nH+]cccc2c1.c1cnc2[nH+]cccc2c1. The predicted octanol–water partition coefficient (Wildman–Crippen LogP) is 0.695. The van der Waals surface area contributed by atoms with Crippen LogP contribution in [0.3, 0.4) is 0 Å². The lowest BCUT2D eigenvalue weighted by Gasteiger charge is -2.03. The van der Waals surface area contributed by atoms with Gasteiger partial charge in [-0.15, -0.1) is 0 Å². The second kappa shape index (κ2) is 12.6. The maximum Gasteiger partial charge on any atom is 0.430 e. The molecule has 0 aliphatic carbocycles. The first-order valence-electron chi connectivity index (χ1n) is 8.81. The molecule has 0 aromatic carbocycles. The topological polar surface area (TPSA) is 134 Å². The summed E-state index contributed by atoms with van der Waals surface area (Å²) in [4.78, 5) is 31.9. The zero-order valence-corrected chi connectivity index (χ0v) is 16.7. The Morgan fingerprint density at radius 3 is 1.21 bits per heavy atom. The van der Waals surface area contributed by atoms with Crippen molar-refractivity contribution in [2.75, 3.05) is 0 Å². The molecule has 0 saturated carbocycles. The molecule has 4 heterocycles. The molecule has 0 spiro atoms. The number of aliphatic carboxylic acids is 2. The molecule has 0 amide bonds. The Kier molecular flexibility index (Phi) is 10.3. The van der Waals surface area contributed by atoms with Crippen molar-refractivity contribution in [3.05, 3.63) is 73.3 Å². The lowest BCUT2D eigenvalue weighted by atomic mass is 10.3. The molecule has 0 bridgehead atoms. The highest BCUT2D eigenvalue weighted by atomic mass is 19.4. The molecular formula is C20H14F6N4O4. The minimum Gasteiger partial charge on any atom is -0.542 e. The number of fused-ring (bicyclic) bond motifs is 2. The Morgan fingerprint density at radius 2 is 0.941 bits per heavy atom. The fourth-order valence-corrected chi connectivity index (χ4v) is 1.90. The number of halogens is 6. The van der Waals surface area contributed by atoms with Gasteiger partial charge < -0.3 is 19.8 Å². The molecule has 4 rings (SSSR count). The molecule has 0 aliphatic heterocycles. The Bertz CT molecular complexity index is 993. The lowest BCUT2D eigenvalue weighted by Crippen LogP contribution is -2.37. The minimum absolute atomic E-state index is 0.935. The van der Waals surface area contributed by atoms with Crippen LogP contribution in [-0.4, -0.2) is 34.3 Å². The van der Waals surface area contributed by atoms with Crippen LogP contribution in [0.2, 0.25) is 0 Å². The van der Waals surface area contributed by atoms with Crippen molar-refractivity contribution in [1.82, 2.24) is 9.97 Å². The van der Waals surface area contributed by atoms with E-state index in [4.69, 9.17) is 19.8 Å². The molecule has 0 atom stereocenters. The average Bonchev–Trinajstić information content (AvgIpc) is 2.79.